The van der Waals surface area contributed by atoms with E-state index in [9.17, 15) is 8.42 Å². The fourth-order valence-electron chi connectivity index (χ4n) is 1.95. The Bertz CT molecular complexity index is 678. The average molecular weight is 318 g/mol. The summed E-state index contributed by atoms with van der Waals surface area (Å²) in [4.78, 5) is 0. The molecule has 2 rings (SSSR count). The molecular formula is C11H16ClN5O2S. The van der Waals surface area contributed by atoms with Crippen LogP contribution in [0.2, 0.25) is 0 Å². The van der Waals surface area contributed by atoms with Gasteiger partial charge in [-0.05, 0) is 18.9 Å². The molecule has 0 fully saturated rings. The molecular weight excluding hydrogens is 302 g/mol. The Kier molecular flexibility index (Phi) is 4.14. The van der Waals surface area contributed by atoms with Gasteiger partial charge in [-0.1, -0.05) is 13.8 Å². The number of hydrogen-bond donors (Lipinski definition) is 0. The topological polar surface area (TPSA) is 82.7 Å². The second-order valence-corrected chi connectivity index (χ2v) is 7.40. The van der Waals surface area contributed by atoms with Crippen LogP contribution in [0.5, 0.6) is 0 Å². The summed E-state index contributed by atoms with van der Waals surface area (Å²) in [6.07, 6.45) is 3.44. The van der Waals surface area contributed by atoms with Crippen LogP contribution in [0.3, 0.4) is 0 Å². The standard InChI is InChI=1S/C11H16ClN5O2S/c1-8(2)7-16-10(9(3)17-6-4-5-13-17)14-15-11(16)20(12,18)19/h4-6,8-9H,7H2,1-3H3. The second kappa shape index (κ2) is 5.53. The Morgan fingerprint density at radius 1 is 1.30 bits per heavy atom. The van der Waals surface area contributed by atoms with Gasteiger partial charge in [0.2, 0.25) is 0 Å². The van der Waals surface area contributed by atoms with Crippen LogP contribution in [0.4, 0.5) is 0 Å². The zero-order valence-electron chi connectivity index (χ0n) is 11.4. The largest absolute Gasteiger partial charge is 0.299 e. The molecule has 1 unspecified atom stereocenters. The van der Waals surface area contributed by atoms with E-state index in [-0.39, 0.29) is 17.1 Å². The molecule has 0 N–H and O–H groups in total. The Balaban J connectivity index is 2.51. The quantitative estimate of drug-likeness (QED) is 0.783. The molecule has 0 spiro atoms. The summed E-state index contributed by atoms with van der Waals surface area (Å²) >= 11 is 0. The molecule has 0 saturated heterocycles. The SMILES string of the molecule is CC(C)Cn1c(C(C)n2cccn2)nnc1S(=O)(=O)Cl. The highest BCUT2D eigenvalue weighted by Gasteiger charge is 2.26. The Morgan fingerprint density at radius 3 is 2.50 bits per heavy atom. The molecule has 0 amide bonds. The zero-order valence-corrected chi connectivity index (χ0v) is 13.0. The molecule has 9 heteroatoms. The molecule has 0 aromatic carbocycles. The van der Waals surface area contributed by atoms with Gasteiger partial charge in [-0.25, -0.2) is 8.42 Å². The van der Waals surface area contributed by atoms with Crippen molar-refractivity contribution in [2.45, 2.75) is 38.5 Å². The van der Waals surface area contributed by atoms with E-state index in [4.69, 9.17) is 10.7 Å². The number of aromatic nitrogens is 5. The molecule has 1 atom stereocenters. The van der Waals surface area contributed by atoms with E-state index in [2.05, 4.69) is 15.3 Å². The van der Waals surface area contributed by atoms with Crippen molar-refractivity contribution in [3.63, 3.8) is 0 Å². The third-order valence-corrected chi connectivity index (χ3v) is 3.96. The van der Waals surface area contributed by atoms with Crippen molar-refractivity contribution < 1.29 is 8.42 Å². The monoisotopic (exact) mass is 317 g/mol. The predicted molar refractivity (Wildman–Crippen MR) is 73.9 cm³/mol. The lowest BCUT2D eigenvalue weighted by atomic mass is 10.2. The highest BCUT2D eigenvalue weighted by atomic mass is 35.7. The molecule has 0 bridgehead atoms. The molecule has 2 aromatic rings. The molecule has 0 aliphatic heterocycles. The van der Waals surface area contributed by atoms with Crippen LogP contribution in [0.1, 0.15) is 32.6 Å². The predicted octanol–water partition coefficient (Wildman–Crippen LogP) is 1.67. The lowest BCUT2D eigenvalue weighted by Crippen LogP contribution is -2.18. The molecule has 0 saturated carbocycles. The molecule has 2 aromatic heterocycles. The molecule has 0 aliphatic rings. The van der Waals surface area contributed by atoms with Gasteiger partial charge < -0.3 is 0 Å². The van der Waals surface area contributed by atoms with Crippen LogP contribution >= 0.6 is 10.7 Å². The fraction of sp³-hybridized carbons (Fsp3) is 0.545. The summed E-state index contributed by atoms with van der Waals surface area (Å²) < 4.78 is 26.4. The normalized spacial score (nSPS) is 13.8. The molecule has 7 nitrogen and oxygen atoms in total. The lowest BCUT2D eigenvalue weighted by Gasteiger charge is -2.16. The van der Waals surface area contributed by atoms with Gasteiger partial charge in [0.15, 0.2) is 5.82 Å². The van der Waals surface area contributed by atoms with Gasteiger partial charge in [-0.2, -0.15) is 5.10 Å². The van der Waals surface area contributed by atoms with E-state index in [1.807, 2.05) is 20.8 Å². The molecule has 0 aliphatic carbocycles. The van der Waals surface area contributed by atoms with Crippen molar-refractivity contribution in [1.29, 1.82) is 0 Å². The van der Waals surface area contributed by atoms with Crippen LogP contribution in [0.25, 0.3) is 0 Å². The number of nitrogens with zero attached hydrogens (tertiary/aromatic N) is 5. The van der Waals surface area contributed by atoms with E-state index in [0.29, 0.717) is 12.4 Å². The van der Waals surface area contributed by atoms with Gasteiger partial charge in [0, 0.05) is 29.6 Å². The average Bonchev–Trinajstić information content (AvgIpc) is 2.94. The minimum atomic E-state index is -3.93. The summed E-state index contributed by atoms with van der Waals surface area (Å²) in [5, 5.41) is 11.6. The Labute approximate surface area is 122 Å². The van der Waals surface area contributed by atoms with Crippen LogP contribution in [0, 0.1) is 5.92 Å². The van der Waals surface area contributed by atoms with Crippen LogP contribution in [-0.4, -0.2) is 33.0 Å². The summed E-state index contributed by atoms with van der Waals surface area (Å²) in [6.45, 7) is 6.30. The first-order valence-electron chi connectivity index (χ1n) is 6.17. The second-order valence-electron chi connectivity index (χ2n) is 4.95. The maximum Gasteiger partial charge on any atom is 0.296 e. The van der Waals surface area contributed by atoms with Gasteiger partial charge in [0.25, 0.3) is 14.2 Å². The first kappa shape index (κ1) is 15.0. The van der Waals surface area contributed by atoms with E-state index < -0.39 is 9.05 Å². The first-order chi connectivity index (χ1) is 9.30. The van der Waals surface area contributed by atoms with Crippen LogP contribution in [-0.2, 0) is 15.6 Å². The van der Waals surface area contributed by atoms with E-state index in [1.54, 1.807) is 27.7 Å². The van der Waals surface area contributed by atoms with Crippen molar-refractivity contribution in [2.75, 3.05) is 0 Å². The summed E-state index contributed by atoms with van der Waals surface area (Å²) in [6, 6.07) is 1.56. The number of rotatable bonds is 5. The highest BCUT2D eigenvalue weighted by Crippen LogP contribution is 2.21. The highest BCUT2D eigenvalue weighted by molar-refractivity contribution is 8.13. The number of halogens is 1. The van der Waals surface area contributed by atoms with Crippen molar-refractivity contribution in [3.8, 4) is 0 Å². The van der Waals surface area contributed by atoms with E-state index >= 15 is 0 Å². The molecule has 0 radical (unpaired) electrons. The van der Waals surface area contributed by atoms with Crippen LogP contribution < -0.4 is 0 Å². The Hall–Kier alpha value is -1.41. The van der Waals surface area contributed by atoms with Crippen molar-refractivity contribution in [3.05, 3.63) is 24.3 Å². The van der Waals surface area contributed by atoms with Crippen molar-refractivity contribution >= 4 is 19.7 Å². The molecule has 2 heterocycles. The minimum absolute atomic E-state index is 0.220. The van der Waals surface area contributed by atoms with Crippen molar-refractivity contribution in [1.82, 2.24) is 24.5 Å². The van der Waals surface area contributed by atoms with Gasteiger partial charge >= 0.3 is 0 Å². The lowest BCUT2D eigenvalue weighted by molar-refractivity contribution is 0.438. The summed E-state index contributed by atoms with van der Waals surface area (Å²) in [7, 11) is 1.49. The van der Waals surface area contributed by atoms with Crippen molar-refractivity contribution in [2.24, 2.45) is 5.92 Å². The third kappa shape index (κ3) is 3.01. The maximum absolute atomic E-state index is 11.6. The number of hydrogen-bond acceptors (Lipinski definition) is 5. The Morgan fingerprint density at radius 2 is 2.00 bits per heavy atom. The minimum Gasteiger partial charge on any atom is -0.299 e. The van der Waals surface area contributed by atoms with Gasteiger partial charge in [0.05, 0.1) is 0 Å². The zero-order chi connectivity index (χ0) is 14.9. The first-order valence-corrected chi connectivity index (χ1v) is 8.48. The smallest absolute Gasteiger partial charge is 0.296 e. The summed E-state index contributed by atoms with van der Waals surface area (Å²) in [5.74, 6) is 0.744. The molecule has 110 valence electrons. The molecule has 20 heavy (non-hydrogen) atoms. The summed E-state index contributed by atoms with van der Waals surface area (Å²) in [5.41, 5.74) is 0. The fourth-order valence-corrected chi connectivity index (χ4v) is 2.87. The van der Waals surface area contributed by atoms with E-state index in [0.717, 1.165) is 0 Å². The van der Waals surface area contributed by atoms with Crippen LogP contribution in [0.15, 0.2) is 23.6 Å². The van der Waals surface area contributed by atoms with E-state index in [1.165, 1.54) is 0 Å². The maximum atomic E-state index is 11.6. The van der Waals surface area contributed by atoms with Gasteiger partial charge in [-0.3, -0.25) is 9.25 Å². The third-order valence-electron chi connectivity index (χ3n) is 2.81. The van der Waals surface area contributed by atoms with Gasteiger partial charge in [0.1, 0.15) is 6.04 Å². The van der Waals surface area contributed by atoms with Gasteiger partial charge in [-0.15, -0.1) is 10.2 Å².